The molecule has 2 aromatic rings. The zero-order chi connectivity index (χ0) is 25.6. The zero-order valence-corrected chi connectivity index (χ0v) is 22.4. The van der Waals surface area contributed by atoms with Crippen LogP contribution in [0.3, 0.4) is 0 Å². The number of carbonyl (C=O) groups excluding carboxylic acids is 1. The van der Waals surface area contributed by atoms with Gasteiger partial charge in [0.05, 0.1) is 0 Å². The molecule has 3 atom stereocenters. The maximum absolute atomic E-state index is 13.0. The Balaban J connectivity index is 1.16. The minimum Gasteiger partial charge on any atom is -0.357 e. The van der Waals surface area contributed by atoms with Gasteiger partial charge in [-0.25, -0.2) is 0 Å². The molecule has 8 heteroatoms. The number of aryl methyl sites for hydroxylation is 1. The van der Waals surface area contributed by atoms with E-state index in [-0.39, 0.29) is 12.2 Å². The van der Waals surface area contributed by atoms with Crippen molar-refractivity contribution in [2.45, 2.75) is 45.1 Å². The van der Waals surface area contributed by atoms with Gasteiger partial charge in [-0.2, -0.15) is 0 Å². The van der Waals surface area contributed by atoms with Crippen molar-refractivity contribution in [2.75, 3.05) is 63.5 Å². The molecule has 2 aromatic carbocycles. The molecule has 3 fully saturated rings. The summed E-state index contributed by atoms with van der Waals surface area (Å²) in [5, 5.41) is 17.6. The number of carbonyl (C=O) groups is 1. The first-order chi connectivity index (χ1) is 18.0. The van der Waals surface area contributed by atoms with Crippen molar-refractivity contribution in [3.8, 4) is 0 Å². The predicted octanol–water partition coefficient (Wildman–Crippen LogP) is 2.64. The van der Waals surface area contributed by atoms with E-state index in [9.17, 15) is 4.79 Å². The van der Waals surface area contributed by atoms with E-state index in [1.165, 1.54) is 18.4 Å². The average molecular weight is 506 g/mol. The minimum atomic E-state index is -0.0836. The first-order valence-corrected chi connectivity index (χ1v) is 13.9. The lowest BCUT2D eigenvalue weighted by Crippen LogP contribution is -2.60. The molecule has 3 saturated heterocycles. The maximum Gasteiger partial charge on any atom is 0.255 e. The molecular weight excluding hydrogens is 462 g/mol. The van der Waals surface area contributed by atoms with E-state index in [2.05, 4.69) is 68.6 Å². The van der Waals surface area contributed by atoms with Gasteiger partial charge in [-0.05, 0) is 94.2 Å². The summed E-state index contributed by atoms with van der Waals surface area (Å²) in [6, 6.07) is 14.6. The highest BCUT2D eigenvalue weighted by atomic mass is 16.1. The summed E-state index contributed by atoms with van der Waals surface area (Å²) in [7, 11) is 2.17. The predicted molar refractivity (Wildman–Crippen MR) is 151 cm³/mol. The summed E-state index contributed by atoms with van der Waals surface area (Å²) in [4.78, 5) is 17.8. The molecule has 0 bridgehead atoms. The fourth-order valence-electron chi connectivity index (χ4n) is 5.67. The Morgan fingerprint density at radius 2 is 1.84 bits per heavy atom. The number of anilines is 2. The Kier molecular flexibility index (Phi) is 8.74. The van der Waals surface area contributed by atoms with Crippen LogP contribution in [-0.2, 0) is 6.54 Å². The van der Waals surface area contributed by atoms with Gasteiger partial charge in [-0.3, -0.25) is 20.3 Å². The lowest BCUT2D eigenvalue weighted by atomic mass is 9.89. The minimum absolute atomic E-state index is 0.0122. The van der Waals surface area contributed by atoms with Crippen molar-refractivity contribution in [1.29, 1.82) is 0 Å². The molecule has 3 unspecified atom stereocenters. The number of rotatable bonds is 7. The van der Waals surface area contributed by atoms with Crippen molar-refractivity contribution in [1.82, 2.24) is 25.8 Å². The smallest absolute Gasteiger partial charge is 0.255 e. The Morgan fingerprint density at radius 3 is 2.59 bits per heavy atom. The quantitative estimate of drug-likeness (QED) is 0.396. The Morgan fingerprint density at radius 1 is 1.03 bits per heavy atom. The number of benzene rings is 2. The van der Waals surface area contributed by atoms with Crippen molar-refractivity contribution < 1.29 is 4.79 Å². The highest BCUT2D eigenvalue weighted by Gasteiger charge is 2.28. The summed E-state index contributed by atoms with van der Waals surface area (Å²) in [6.07, 6.45) is 3.70. The monoisotopic (exact) mass is 505 g/mol. The SMILES string of the molecule is Cc1ccc(NC(=O)c2ccc(CN3CCN(C)CC3)cc2)cc1NC1NCCC(C2CCCNC2)N1. The Bertz CT molecular complexity index is 1030. The summed E-state index contributed by atoms with van der Waals surface area (Å²) in [5.41, 5.74) is 4.89. The molecule has 37 heavy (non-hydrogen) atoms. The lowest BCUT2D eigenvalue weighted by Gasteiger charge is -2.39. The maximum atomic E-state index is 13.0. The van der Waals surface area contributed by atoms with Crippen LogP contribution < -0.4 is 26.6 Å². The molecule has 0 aliphatic carbocycles. The van der Waals surface area contributed by atoms with Crippen LogP contribution in [-0.4, -0.2) is 80.9 Å². The molecule has 0 spiro atoms. The van der Waals surface area contributed by atoms with Gasteiger partial charge in [0.2, 0.25) is 0 Å². The van der Waals surface area contributed by atoms with Crippen LogP contribution in [0, 0.1) is 12.8 Å². The van der Waals surface area contributed by atoms with Gasteiger partial charge in [0, 0.05) is 55.7 Å². The van der Waals surface area contributed by atoms with E-state index in [4.69, 9.17) is 0 Å². The van der Waals surface area contributed by atoms with Crippen LogP contribution in [0.1, 0.15) is 40.7 Å². The van der Waals surface area contributed by atoms with Gasteiger partial charge in [0.25, 0.3) is 5.91 Å². The largest absolute Gasteiger partial charge is 0.357 e. The second-order valence-electron chi connectivity index (χ2n) is 11.0. The van der Waals surface area contributed by atoms with Crippen molar-refractivity contribution in [3.05, 3.63) is 59.2 Å². The number of amides is 1. The molecule has 8 nitrogen and oxygen atoms in total. The summed E-state index contributed by atoms with van der Waals surface area (Å²) in [5.74, 6) is 0.597. The number of nitrogens with one attached hydrogen (secondary N) is 5. The third-order valence-corrected chi connectivity index (χ3v) is 8.10. The molecule has 5 N–H and O–H groups in total. The van der Waals surface area contributed by atoms with E-state index in [0.29, 0.717) is 17.5 Å². The fourth-order valence-corrected chi connectivity index (χ4v) is 5.67. The molecule has 3 aliphatic rings. The van der Waals surface area contributed by atoms with Gasteiger partial charge >= 0.3 is 0 Å². The third-order valence-electron chi connectivity index (χ3n) is 8.10. The second-order valence-corrected chi connectivity index (χ2v) is 11.0. The first-order valence-electron chi connectivity index (χ1n) is 13.9. The number of hydrogen-bond acceptors (Lipinski definition) is 7. The van der Waals surface area contributed by atoms with E-state index in [1.807, 2.05) is 24.3 Å². The molecule has 0 saturated carbocycles. The van der Waals surface area contributed by atoms with E-state index in [1.54, 1.807) is 0 Å². The molecule has 200 valence electrons. The number of piperidine rings is 1. The van der Waals surface area contributed by atoms with Gasteiger partial charge in [-0.1, -0.05) is 18.2 Å². The molecule has 0 radical (unpaired) electrons. The molecule has 1 amide bonds. The van der Waals surface area contributed by atoms with Crippen molar-refractivity contribution in [3.63, 3.8) is 0 Å². The van der Waals surface area contributed by atoms with Gasteiger partial charge in [-0.15, -0.1) is 0 Å². The van der Waals surface area contributed by atoms with Crippen LogP contribution in [0.15, 0.2) is 42.5 Å². The number of hydrogen-bond donors (Lipinski definition) is 5. The van der Waals surface area contributed by atoms with Crippen LogP contribution in [0.5, 0.6) is 0 Å². The van der Waals surface area contributed by atoms with Gasteiger partial charge in [0.1, 0.15) is 6.29 Å². The molecule has 3 aliphatic heterocycles. The first kappa shape index (κ1) is 26.1. The summed E-state index contributed by atoms with van der Waals surface area (Å²) >= 11 is 0. The average Bonchev–Trinajstić information content (AvgIpc) is 2.93. The third kappa shape index (κ3) is 7.09. The number of likely N-dealkylation sites (N-methyl/N-ethyl adjacent to an activating group) is 1. The standard InChI is InChI=1S/C29H43N7O/c1-21-5-10-25(18-27(21)34-29-31-13-11-26(33-29)24-4-3-12-30-19-24)32-28(37)23-8-6-22(7-9-23)20-36-16-14-35(2)15-17-36/h5-10,18,24,26,29-31,33-34H,3-4,11-17,19-20H2,1-2H3,(H,32,37). The van der Waals surface area contributed by atoms with Crippen LogP contribution in [0.4, 0.5) is 11.4 Å². The van der Waals surface area contributed by atoms with Crippen molar-refractivity contribution >= 4 is 17.3 Å². The van der Waals surface area contributed by atoms with Gasteiger partial charge < -0.3 is 20.9 Å². The van der Waals surface area contributed by atoms with Gasteiger partial charge in [0.15, 0.2) is 0 Å². The van der Waals surface area contributed by atoms with Crippen LogP contribution >= 0.6 is 0 Å². The number of nitrogens with zero attached hydrogens (tertiary/aromatic N) is 2. The topological polar surface area (TPSA) is 83.7 Å². The summed E-state index contributed by atoms with van der Waals surface area (Å²) in [6.45, 7) is 10.7. The molecular formula is C29H43N7O. The van der Waals surface area contributed by atoms with Crippen LogP contribution in [0.25, 0.3) is 0 Å². The lowest BCUT2D eigenvalue weighted by molar-refractivity contribution is 0.102. The van der Waals surface area contributed by atoms with E-state index < -0.39 is 0 Å². The highest BCUT2D eigenvalue weighted by molar-refractivity contribution is 6.04. The van der Waals surface area contributed by atoms with E-state index >= 15 is 0 Å². The second kappa shape index (κ2) is 12.4. The Hall–Kier alpha value is -2.49. The van der Waals surface area contributed by atoms with Crippen LogP contribution in [0.2, 0.25) is 0 Å². The Labute approximate surface area is 221 Å². The zero-order valence-electron chi connectivity index (χ0n) is 22.4. The van der Waals surface area contributed by atoms with Crippen molar-refractivity contribution in [2.24, 2.45) is 5.92 Å². The van der Waals surface area contributed by atoms with E-state index in [0.717, 1.165) is 75.7 Å². The molecule has 0 aromatic heterocycles. The highest BCUT2D eigenvalue weighted by Crippen LogP contribution is 2.23. The normalized spacial score (nSPS) is 25.5. The molecule has 5 rings (SSSR count). The number of piperazine rings is 1. The fraction of sp³-hybridized carbons (Fsp3) is 0.552. The molecule has 3 heterocycles. The summed E-state index contributed by atoms with van der Waals surface area (Å²) < 4.78 is 0.